The van der Waals surface area contributed by atoms with E-state index in [0.717, 1.165) is 7.11 Å². The topological polar surface area (TPSA) is 88.1 Å². The number of ether oxygens (including phenoxy) is 4. The van der Waals surface area contributed by atoms with Gasteiger partial charge in [-0.15, -0.1) is 0 Å². The van der Waals surface area contributed by atoms with Crippen molar-refractivity contribution in [3.05, 3.63) is 41.0 Å². The fraction of sp³-hybridized carbons (Fsp3) is 0.312. The first-order chi connectivity index (χ1) is 11.0. The number of hydrogen-bond donors (Lipinski definition) is 0. The quantitative estimate of drug-likeness (QED) is 0.245. The summed E-state index contributed by atoms with van der Waals surface area (Å²) in [5, 5.41) is 0. The molecule has 7 heteroatoms. The summed E-state index contributed by atoms with van der Waals surface area (Å²) in [5.74, 6) is -2.18. The number of methoxy groups -OCH3 is 4. The van der Waals surface area contributed by atoms with E-state index in [-0.39, 0.29) is 11.1 Å². The fourth-order valence-corrected chi connectivity index (χ4v) is 1.85. The van der Waals surface area contributed by atoms with Gasteiger partial charge in [0, 0.05) is 14.2 Å². The van der Waals surface area contributed by atoms with Crippen molar-refractivity contribution >= 4 is 23.8 Å². The lowest BCUT2D eigenvalue weighted by Crippen LogP contribution is -2.30. The molecular weight excluding hydrogens is 304 g/mol. The highest BCUT2D eigenvalue weighted by molar-refractivity contribution is 6.22. The van der Waals surface area contributed by atoms with Crippen LogP contribution in [0.4, 0.5) is 0 Å². The van der Waals surface area contributed by atoms with Crippen LogP contribution in [0.25, 0.3) is 6.08 Å². The van der Waals surface area contributed by atoms with Gasteiger partial charge in [0.25, 0.3) is 0 Å². The highest BCUT2D eigenvalue weighted by Gasteiger charge is 2.28. The first kappa shape index (κ1) is 18.5. The second-order valence-electron chi connectivity index (χ2n) is 4.30. The molecule has 0 spiro atoms. The van der Waals surface area contributed by atoms with E-state index in [1.165, 1.54) is 33.5 Å². The third-order valence-electron chi connectivity index (χ3n) is 2.98. The minimum absolute atomic E-state index is 0.204. The van der Waals surface area contributed by atoms with Crippen molar-refractivity contribution in [2.75, 3.05) is 28.4 Å². The second-order valence-corrected chi connectivity index (χ2v) is 4.30. The van der Waals surface area contributed by atoms with Crippen molar-refractivity contribution in [1.29, 1.82) is 0 Å². The molecule has 7 nitrogen and oxygen atoms in total. The molecule has 0 heterocycles. The maximum atomic E-state index is 12.3. The molecule has 0 amide bonds. The Bertz CT molecular complexity index is 615. The number of hydrogen-bond acceptors (Lipinski definition) is 7. The van der Waals surface area contributed by atoms with Gasteiger partial charge in [0.1, 0.15) is 5.57 Å². The van der Waals surface area contributed by atoms with E-state index in [1.54, 1.807) is 18.2 Å². The largest absolute Gasteiger partial charge is 0.465 e. The Morgan fingerprint density at radius 1 is 0.957 bits per heavy atom. The predicted octanol–water partition coefficient (Wildman–Crippen LogP) is 1.22. The monoisotopic (exact) mass is 322 g/mol. The van der Waals surface area contributed by atoms with Crippen LogP contribution < -0.4 is 0 Å². The van der Waals surface area contributed by atoms with Crippen LogP contribution in [0.2, 0.25) is 0 Å². The van der Waals surface area contributed by atoms with Crippen molar-refractivity contribution in [3.8, 4) is 0 Å². The van der Waals surface area contributed by atoms with Crippen LogP contribution in [0.3, 0.4) is 0 Å². The first-order valence-corrected chi connectivity index (χ1v) is 6.57. The van der Waals surface area contributed by atoms with Gasteiger partial charge in [-0.3, -0.25) is 4.79 Å². The highest BCUT2D eigenvalue weighted by Crippen LogP contribution is 2.17. The van der Waals surface area contributed by atoms with E-state index >= 15 is 0 Å². The lowest BCUT2D eigenvalue weighted by Gasteiger charge is -2.13. The zero-order chi connectivity index (χ0) is 17.4. The number of rotatable bonds is 7. The fourth-order valence-electron chi connectivity index (χ4n) is 1.85. The van der Waals surface area contributed by atoms with Gasteiger partial charge in [0.05, 0.1) is 19.8 Å². The van der Waals surface area contributed by atoms with Gasteiger partial charge in [0.15, 0.2) is 0 Å². The SMILES string of the molecule is COC(=O)/C(=C/c1ccccc1C(=O)OC)C(=O)C(OC)OC. The molecule has 0 aliphatic rings. The molecule has 1 aromatic carbocycles. The Balaban J connectivity index is 3.39. The van der Waals surface area contributed by atoms with Gasteiger partial charge in [-0.1, -0.05) is 18.2 Å². The predicted molar refractivity (Wildman–Crippen MR) is 80.6 cm³/mol. The van der Waals surface area contributed by atoms with Crippen molar-refractivity contribution in [3.63, 3.8) is 0 Å². The lowest BCUT2D eigenvalue weighted by atomic mass is 10.0. The van der Waals surface area contributed by atoms with E-state index < -0.39 is 24.0 Å². The van der Waals surface area contributed by atoms with E-state index in [9.17, 15) is 14.4 Å². The molecule has 0 radical (unpaired) electrons. The highest BCUT2D eigenvalue weighted by atomic mass is 16.7. The zero-order valence-corrected chi connectivity index (χ0v) is 13.3. The second kappa shape index (κ2) is 8.82. The number of esters is 2. The van der Waals surface area contributed by atoms with E-state index in [0.29, 0.717) is 5.56 Å². The smallest absolute Gasteiger partial charge is 0.341 e. The average Bonchev–Trinajstić information content (AvgIpc) is 2.59. The lowest BCUT2D eigenvalue weighted by molar-refractivity contribution is -0.155. The molecule has 0 bridgehead atoms. The van der Waals surface area contributed by atoms with Gasteiger partial charge < -0.3 is 18.9 Å². The summed E-state index contributed by atoms with van der Waals surface area (Å²) >= 11 is 0. The van der Waals surface area contributed by atoms with E-state index in [1.807, 2.05) is 0 Å². The van der Waals surface area contributed by atoms with Crippen molar-refractivity contribution in [2.45, 2.75) is 6.29 Å². The molecule has 23 heavy (non-hydrogen) atoms. The average molecular weight is 322 g/mol. The third-order valence-corrected chi connectivity index (χ3v) is 2.98. The molecular formula is C16H18O7. The van der Waals surface area contributed by atoms with Gasteiger partial charge in [-0.2, -0.15) is 0 Å². The standard InChI is InChI=1S/C16H18O7/c1-20-14(18)11-8-6-5-7-10(11)9-12(15(19)21-2)13(17)16(22-3)23-4/h5-9,16H,1-4H3/b12-9+. The summed E-state index contributed by atoms with van der Waals surface area (Å²) in [6.45, 7) is 0. The molecule has 0 aliphatic heterocycles. The Morgan fingerprint density at radius 3 is 2.09 bits per heavy atom. The minimum Gasteiger partial charge on any atom is -0.465 e. The molecule has 0 saturated carbocycles. The molecule has 0 atom stereocenters. The number of carbonyl (C=O) groups excluding carboxylic acids is 3. The van der Waals surface area contributed by atoms with Gasteiger partial charge in [-0.05, 0) is 17.7 Å². The van der Waals surface area contributed by atoms with Gasteiger partial charge in [-0.25, -0.2) is 9.59 Å². The van der Waals surface area contributed by atoms with Crippen LogP contribution in [0.1, 0.15) is 15.9 Å². The van der Waals surface area contributed by atoms with Crippen molar-refractivity contribution < 1.29 is 33.3 Å². The Kier molecular flexibility index (Phi) is 7.11. The number of carbonyl (C=O) groups is 3. The maximum absolute atomic E-state index is 12.3. The minimum atomic E-state index is -1.26. The molecule has 124 valence electrons. The van der Waals surface area contributed by atoms with Crippen LogP contribution >= 0.6 is 0 Å². The summed E-state index contributed by atoms with van der Waals surface area (Å²) < 4.78 is 19.0. The first-order valence-electron chi connectivity index (χ1n) is 6.57. The van der Waals surface area contributed by atoms with Crippen LogP contribution in [-0.4, -0.2) is 52.5 Å². The molecule has 1 aromatic rings. The number of Topliss-reactive ketones (excluding diaryl/α,β-unsaturated/α-hetero) is 1. The van der Waals surface area contributed by atoms with Crippen LogP contribution in [0.5, 0.6) is 0 Å². The number of ketones is 1. The molecule has 0 fully saturated rings. The molecule has 0 saturated heterocycles. The summed E-state index contributed by atoms with van der Waals surface area (Å²) in [4.78, 5) is 36.0. The zero-order valence-electron chi connectivity index (χ0n) is 13.3. The molecule has 0 N–H and O–H groups in total. The van der Waals surface area contributed by atoms with Crippen LogP contribution in [-0.2, 0) is 28.5 Å². The van der Waals surface area contributed by atoms with E-state index in [2.05, 4.69) is 9.47 Å². The summed E-state index contributed by atoms with van der Waals surface area (Å²) in [5.41, 5.74) is 0.229. The maximum Gasteiger partial charge on any atom is 0.341 e. The third kappa shape index (κ3) is 4.48. The molecule has 0 aromatic heterocycles. The Morgan fingerprint density at radius 2 is 1.57 bits per heavy atom. The summed E-state index contributed by atoms with van der Waals surface area (Å²) in [6.07, 6.45) is -0.0171. The summed E-state index contributed by atoms with van der Waals surface area (Å²) in [6, 6.07) is 6.37. The van der Waals surface area contributed by atoms with E-state index in [4.69, 9.17) is 9.47 Å². The van der Waals surface area contributed by atoms with Gasteiger partial charge >= 0.3 is 11.9 Å². The molecule has 0 aliphatic carbocycles. The molecule has 1 rings (SSSR count). The Labute approximate surface area is 133 Å². The molecule has 0 unspecified atom stereocenters. The normalized spacial score (nSPS) is 11.3. The van der Waals surface area contributed by atoms with Crippen molar-refractivity contribution in [1.82, 2.24) is 0 Å². The summed E-state index contributed by atoms with van der Waals surface area (Å²) in [7, 11) is 4.91. The van der Waals surface area contributed by atoms with Gasteiger partial charge in [0.2, 0.25) is 12.1 Å². The number of benzene rings is 1. The Hall–Kier alpha value is -2.51. The van der Waals surface area contributed by atoms with Crippen LogP contribution in [0.15, 0.2) is 29.8 Å². The van der Waals surface area contributed by atoms with Crippen LogP contribution in [0, 0.1) is 0 Å². The van der Waals surface area contributed by atoms with Crippen molar-refractivity contribution in [2.24, 2.45) is 0 Å².